The molecule has 0 bridgehead atoms. The van der Waals surface area contributed by atoms with E-state index in [1.807, 2.05) is 18.7 Å². The average molecular weight is 292 g/mol. The molecule has 1 aromatic heterocycles. The van der Waals surface area contributed by atoms with Crippen LogP contribution in [-0.4, -0.2) is 41.3 Å². The van der Waals surface area contributed by atoms with Gasteiger partial charge in [0.05, 0.1) is 17.8 Å². The Labute approximate surface area is 125 Å². The summed E-state index contributed by atoms with van der Waals surface area (Å²) < 4.78 is 11.0. The molecule has 5 nitrogen and oxygen atoms in total. The molecule has 5 heteroatoms. The largest absolute Gasteiger partial charge is 0.379 e. The first-order valence-electron chi connectivity index (χ1n) is 8.03. The average Bonchev–Trinajstić information content (AvgIpc) is 2.89. The number of hydrogen-bond donors (Lipinski definition) is 0. The number of aromatic nitrogens is 1. The highest BCUT2D eigenvalue weighted by atomic mass is 16.5. The molecule has 1 aromatic rings. The molecule has 1 spiro atoms. The first-order valence-corrected chi connectivity index (χ1v) is 8.03. The molecule has 2 aliphatic rings. The van der Waals surface area contributed by atoms with Crippen LogP contribution >= 0.6 is 0 Å². The van der Waals surface area contributed by atoms with E-state index in [-0.39, 0.29) is 11.4 Å². The fourth-order valence-corrected chi connectivity index (χ4v) is 3.73. The predicted molar refractivity (Wildman–Crippen MR) is 78.3 cm³/mol. The van der Waals surface area contributed by atoms with E-state index in [4.69, 9.17) is 9.26 Å². The highest BCUT2D eigenvalue weighted by molar-refractivity contribution is 5.96. The number of nitrogens with zero attached hydrogens (tertiary/aromatic N) is 2. The highest BCUT2D eigenvalue weighted by Gasteiger charge is 2.44. The van der Waals surface area contributed by atoms with E-state index in [1.165, 1.54) is 6.42 Å². The quantitative estimate of drug-likeness (QED) is 0.841. The minimum atomic E-state index is -0.109. The third-order valence-electron chi connectivity index (χ3n) is 4.88. The molecule has 1 atom stereocenters. The summed E-state index contributed by atoms with van der Waals surface area (Å²) in [4.78, 5) is 15.2. The van der Waals surface area contributed by atoms with Crippen molar-refractivity contribution in [3.8, 4) is 0 Å². The Morgan fingerprint density at radius 3 is 2.86 bits per heavy atom. The zero-order valence-electron chi connectivity index (χ0n) is 13.0. The van der Waals surface area contributed by atoms with E-state index in [9.17, 15) is 4.79 Å². The first-order chi connectivity index (χ1) is 10.2. The third-order valence-corrected chi connectivity index (χ3v) is 4.88. The van der Waals surface area contributed by atoms with Crippen molar-refractivity contribution >= 4 is 5.91 Å². The maximum atomic E-state index is 13.1. The van der Waals surface area contributed by atoms with Crippen molar-refractivity contribution in [3.05, 3.63) is 17.0 Å². The lowest BCUT2D eigenvalue weighted by atomic mass is 9.81. The molecule has 2 aliphatic heterocycles. The summed E-state index contributed by atoms with van der Waals surface area (Å²) in [5, 5.41) is 4.03. The van der Waals surface area contributed by atoms with Gasteiger partial charge < -0.3 is 14.2 Å². The summed E-state index contributed by atoms with van der Waals surface area (Å²) in [5.41, 5.74) is 1.33. The molecule has 2 saturated heterocycles. The standard InChI is InChI=1S/C16H24N2O3/c1-3-13-14(12(2)21-17-13)15(19)18-9-5-4-7-16(18)8-6-10-20-11-16/h3-11H2,1-2H3. The number of ether oxygens (including phenoxy) is 1. The highest BCUT2D eigenvalue weighted by Crippen LogP contribution is 2.37. The fourth-order valence-electron chi connectivity index (χ4n) is 3.73. The Bertz CT molecular complexity index is 509. The van der Waals surface area contributed by atoms with E-state index >= 15 is 0 Å². The molecule has 3 heterocycles. The van der Waals surface area contributed by atoms with E-state index in [2.05, 4.69) is 5.16 Å². The van der Waals surface area contributed by atoms with Gasteiger partial charge in [0.2, 0.25) is 0 Å². The van der Waals surface area contributed by atoms with Crippen LogP contribution in [0.4, 0.5) is 0 Å². The van der Waals surface area contributed by atoms with Crippen molar-refractivity contribution in [1.29, 1.82) is 0 Å². The summed E-state index contributed by atoms with van der Waals surface area (Å²) in [6, 6.07) is 0. The van der Waals surface area contributed by atoms with Gasteiger partial charge in [-0.05, 0) is 45.4 Å². The molecule has 1 unspecified atom stereocenters. The van der Waals surface area contributed by atoms with Crippen LogP contribution in [0.25, 0.3) is 0 Å². The van der Waals surface area contributed by atoms with Gasteiger partial charge >= 0.3 is 0 Å². The van der Waals surface area contributed by atoms with Crippen LogP contribution in [-0.2, 0) is 11.2 Å². The zero-order chi connectivity index (χ0) is 14.9. The minimum absolute atomic E-state index is 0.0794. The second kappa shape index (κ2) is 5.79. The van der Waals surface area contributed by atoms with E-state index < -0.39 is 0 Å². The van der Waals surface area contributed by atoms with Crippen LogP contribution in [0.15, 0.2) is 4.52 Å². The molecule has 0 saturated carbocycles. The molecule has 2 fully saturated rings. The normalized spacial score (nSPS) is 26.3. The van der Waals surface area contributed by atoms with Gasteiger partial charge in [-0.3, -0.25) is 4.79 Å². The summed E-state index contributed by atoms with van der Waals surface area (Å²) in [5.74, 6) is 0.713. The Morgan fingerprint density at radius 1 is 1.33 bits per heavy atom. The number of hydrogen-bond acceptors (Lipinski definition) is 4. The van der Waals surface area contributed by atoms with Crippen molar-refractivity contribution in [2.75, 3.05) is 19.8 Å². The number of likely N-dealkylation sites (tertiary alicyclic amines) is 1. The maximum absolute atomic E-state index is 13.1. The first kappa shape index (κ1) is 14.6. The van der Waals surface area contributed by atoms with E-state index in [0.717, 1.165) is 50.9 Å². The lowest BCUT2D eigenvalue weighted by Gasteiger charge is -2.49. The second-order valence-corrected chi connectivity index (χ2v) is 6.21. The van der Waals surface area contributed by atoms with Gasteiger partial charge in [0.1, 0.15) is 11.3 Å². The van der Waals surface area contributed by atoms with Crippen molar-refractivity contribution in [2.24, 2.45) is 0 Å². The summed E-state index contributed by atoms with van der Waals surface area (Å²) in [6.07, 6.45) is 6.09. The van der Waals surface area contributed by atoms with Crippen LogP contribution in [0.1, 0.15) is 60.8 Å². The zero-order valence-corrected chi connectivity index (χ0v) is 13.0. The Morgan fingerprint density at radius 2 is 2.14 bits per heavy atom. The predicted octanol–water partition coefficient (Wildman–Crippen LogP) is 2.72. The van der Waals surface area contributed by atoms with E-state index in [0.29, 0.717) is 17.9 Å². The monoisotopic (exact) mass is 292 g/mol. The molecule has 1 amide bonds. The minimum Gasteiger partial charge on any atom is -0.379 e. The van der Waals surface area contributed by atoms with Crippen molar-refractivity contribution in [1.82, 2.24) is 10.1 Å². The van der Waals surface area contributed by atoms with Gasteiger partial charge in [-0.25, -0.2) is 0 Å². The van der Waals surface area contributed by atoms with Crippen LogP contribution in [0.2, 0.25) is 0 Å². The van der Waals surface area contributed by atoms with Crippen molar-refractivity contribution in [3.63, 3.8) is 0 Å². The second-order valence-electron chi connectivity index (χ2n) is 6.21. The smallest absolute Gasteiger partial charge is 0.259 e. The lowest BCUT2D eigenvalue weighted by molar-refractivity contribution is -0.0549. The molecule has 0 aliphatic carbocycles. The molecule has 0 aromatic carbocycles. The number of piperidine rings is 1. The Kier molecular flexibility index (Phi) is 4.02. The molecule has 116 valence electrons. The van der Waals surface area contributed by atoms with Crippen molar-refractivity contribution < 1.29 is 14.1 Å². The summed E-state index contributed by atoms with van der Waals surface area (Å²) in [7, 11) is 0. The molecule has 3 rings (SSSR count). The number of carbonyl (C=O) groups excluding carboxylic acids is 1. The van der Waals surface area contributed by atoms with Gasteiger partial charge in [0.25, 0.3) is 5.91 Å². The fraction of sp³-hybridized carbons (Fsp3) is 0.750. The summed E-state index contributed by atoms with van der Waals surface area (Å²) >= 11 is 0. The van der Waals surface area contributed by atoms with Crippen LogP contribution in [0, 0.1) is 6.92 Å². The third kappa shape index (κ3) is 2.48. The Hall–Kier alpha value is -1.36. The van der Waals surface area contributed by atoms with Crippen molar-refractivity contribution in [2.45, 2.75) is 57.9 Å². The van der Waals surface area contributed by atoms with Gasteiger partial charge in [0.15, 0.2) is 0 Å². The molecule has 21 heavy (non-hydrogen) atoms. The van der Waals surface area contributed by atoms with Gasteiger partial charge in [-0.15, -0.1) is 0 Å². The van der Waals surface area contributed by atoms with Gasteiger partial charge in [-0.2, -0.15) is 0 Å². The molecular formula is C16H24N2O3. The SMILES string of the molecule is CCc1noc(C)c1C(=O)N1CCCCC12CCCOC2. The van der Waals surface area contributed by atoms with Gasteiger partial charge in [-0.1, -0.05) is 12.1 Å². The van der Waals surface area contributed by atoms with Crippen LogP contribution < -0.4 is 0 Å². The number of carbonyl (C=O) groups is 1. The number of amides is 1. The topological polar surface area (TPSA) is 55.6 Å². The molecular weight excluding hydrogens is 268 g/mol. The Balaban J connectivity index is 1.92. The number of aryl methyl sites for hydroxylation is 2. The number of rotatable bonds is 2. The summed E-state index contributed by atoms with van der Waals surface area (Å²) in [6.45, 7) is 6.13. The lowest BCUT2D eigenvalue weighted by Crippen LogP contribution is -2.58. The van der Waals surface area contributed by atoms with E-state index in [1.54, 1.807) is 0 Å². The molecule has 0 radical (unpaired) electrons. The van der Waals surface area contributed by atoms with Crippen LogP contribution in [0.5, 0.6) is 0 Å². The molecule has 0 N–H and O–H groups in total. The maximum Gasteiger partial charge on any atom is 0.259 e. The van der Waals surface area contributed by atoms with Gasteiger partial charge in [0, 0.05) is 13.2 Å². The van der Waals surface area contributed by atoms with Crippen LogP contribution in [0.3, 0.4) is 0 Å².